The van der Waals surface area contributed by atoms with Gasteiger partial charge in [0.15, 0.2) is 11.6 Å². The van der Waals surface area contributed by atoms with Crippen molar-refractivity contribution in [1.29, 1.82) is 5.26 Å². The van der Waals surface area contributed by atoms with E-state index in [-0.39, 0.29) is 18.0 Å². The number of amides is 2. The number of anilines is 1. The molecule has 3 aromatic rings. The van der Waals surface area contributed by atoms with E-state index >= 15 is 0 Å². The smallest absolute Gasteiger partial charge is 0.253 e. The minimum atomic E-state index is -0.967. The molecular weight excluding hydrogens is 550 g/mol. The lowest BCUT2D eigenvalue weighted by Crippen LogP contribution is -2.54. The molecule has 212 valence electrons. The molecule has 0 unspecified atom stereocenters. The summed E-state index contributed by atoms with van der Waals surface area (Å²) < 4.78 is 26.5. The van der Waals surface area contributed by atoms with Crippen LogP contribution in [-0.2, 0) is 6.54 Å². The second-order valence-corrected chi connectivity index (χ2v) is 10.6. The van der Waals surface area contributed by atoms with Crippen LogP contribution in [0, 0.1) is 23.0 Å². The molecule has 0 radical (unpaired) electrons. The maximum Gasteiger partial charge on any atom is 0.253 e. The molecule has 2 saturated heterocycles. The number of nitrogens with one attached hydrogen (secondary N) is 1. The molecule has 0 bridgehead atoms. The largest absolute Gasteiger partial charge is 0.353 e. The zero-order valence-electron chi connectivity index (χ0n) is 22.3. The van der Waals surface area contributed by atoms with Crippen molar-refractivity contribution in [2.45, 2.75) is 25.4 Å². The van der Waals surface area contributed by atoms with E-state index in [1.54, 1.807) is 30.3 Å². The number of aromatic nitrogens is 1. The van der Waals surface area contributed by atoms with Crippen LogP contribution >= 0.6 is 11.6 Å². The molecule has 0 spiro atoms. The average Bonchev–Trinajstić information content (AvgIpc) is 3.01. The van der Waals surface area contributed by atoms with E-state index < -0.39 is 17.5 Å². The number of nitriles is 1. The molecule has 0 saturated carbocycles. The first-order valence-electron chi connectivity index (χ1n) is 13.5. The summed E-state index contributed by atoms with van der Waals surface area (Å²) >= 11 is 6.52. The topological polar surface area (TPSA) is 92.6 Å². The molecule has 1 aromatic heterocycles. The number of nitrogens with zero attached hydrogens (tertiary/aromatic N) is 5. The van der Waals surface area contributed by atoms with Crippen LogP contribution in [0.4, 0.5) is 14.6 Å². The van der Waals surface area contributed by atoms with Gasteiger partial charge >= 0.3 is 0 Å². The Balaban J connectivity index is 1.10. The number of halogens is 3. The van der Waals surface area contributed by atoms with E-state index in [0.717, 1.165) is 51.2 Å². The van der Waals surface area contributed by atoms with Crippen molar-refractivity contribution in [3.63, 3.8) is 0 Å². The summed E-state index contributed by atoms with van der Waals surface area (Å²) in [5.41, 5.74) is 1.86. The number of benzene rings is 2. The van der Waals surface area contributed by atoms with E-state index in [0.29, 0.717) is 46.7 Å². The van der Waals surface area contributed by atoms with Gasteiger partial charge in [-0.25, -0.2) is 13.8 Å². The summed E-state index contributed by atoms with van der Waals surface area (Å²) in [6.07, 6.45) is 3.26. The standard InChI is InChI=1S/C30H29ClF2N6O2/c31-25-16-23(29(40)36-18-21-3-6-26(32)27(33)15-21)19-35-28(25)38-13-11-37(12-14-38)24-7-9-39(10-8-24)30(41)22-4-1-20(17-34)2-5-22/h1-6,15-16,19,24H,7-14,18H2,(H,36,40). The van der Waals surface area contributed by atoms with Gasteiger partial charge in [0.2, 0.25) is 0 Å². The SMILES string of the molecule is N#Cc1ccc(C(=O)N2CCC(N3CCN(c4ncc(C(=O)NCc5ccc(F)c(F)c5)cc4Cl)CC3)CC2)cc1. The summed E-state index contributed by atoms with van der Waals surface area (Å²) in [7, 11) is 0. The first kappa shape index (κ1) is 28.5. The number of carbonyl (C=O) groups is 2. The fourth-order valence-corrected chi connectivity index (χ4v) is 5.61. The van der Waals surface area contributed by atoms with E-state index in [1.807, 2.05) is 4.90 Å². The molecular formula is C30H29ClF2N6O2. The van der Waals surface area contributed by atoms with Crippen molar-refractivity contribution in [1.82, 2.24) is 20.1 Å². The number of piperazine rings is 1. The Morgan fingerprint density at radius 2 is 1.66 bits per heavy atom. The summed E-state index contributed by atoms with van der Waals surface area (Å²) in [4.78, 5) is 36.3. The quantitative estimate of drug-likeness (QED) is 0.470. The zero-order valence-corrected chi connectivity index (χ0v) is 23.1. The molecule has 8 nitrogen and oxygen atoms in total. The molecule has 0 atom stereocenters. The highest BCUT2D eigenvalue weighted by Gasteiger charge is 2.30. The highest BCUT2D eigenvalue weighted by Crippen LogP contribution is 2.27. The summed E-state index contributed by atoms with van der Waals surface area (Å²) in [5.74, 6) is -1.70. The second-order valence-electron chi connectivity index (χ2n) is 10.2. The summed E-state index contributed by atoms with van der Waals surface area (Å²) in [5, 5.41) is 12.0. The van der Waals surface area contributed by atoms with Crippen molar-refractivity contribution >= 4 is 29.2 Å². The van der Waals surface area contributed by atoms with Gasteiger partial charge in [0, 0.05) is 63.6 Å². The van der Waals surface area contributed by atoms with Gasteiger partial charge in [0.1, 0.15) is 5.82 Å². The predicted octanol–water partition coefficient (Wildman–Crippen LogP) is 4.24. The first-order valence-corrected chi connectivity index (χ1v) is 13.9. The van der Waals surface area contributed by atoms with E-state index in [9.17, 15) is 18.4 Å². The van der Waals surface area contributed by atoms with Gasteiger partial charge in [-0.05, 0) is 60.9 Å². The van der Waals surface area contributed by atoms with Gasteiger partial charge in [0.25, 0.3) is 11.8 Å². The van der Waals surface area contributed by atoms with Crippen LogP contribution in [0.5, 0.6) is 0 Å². The lowest BCUT2D eigenvalue weighted by Gasteiger charge is -2.43. The summed E-state index contributed by atoms with van der Waals surface area (Å²) in [6, 6.07) is 14.3. The average molecular weight is 579 g/mol. The van der Waals surface area contributed by atoms with Crippen LogP contribution < -0.4 is 10.2 Å². The molecule has 2 aliphatic heterocycles. The first-order chi connectivity index (χ1) is 19.8. The predicted molar refractivity (Wildman–Crippen MR) is 151 cm³/mol. The van der Waals surface area contributed by atoms with E-state index in [2.05, 4.69) is 26.2 Å². The van der Waals surface area contributed by atoms with Crippen LogP contribution in [-0.4, -0.2) is 71.9 Å². The van der Waals surface area contributed by atoms with Crippen LogP contribution in [0.3, 0.4) is 0 Å². The number of pyridine rings is 1. The molecule has 2 amide bonds. The number of hydrogen-bond acceptors (Lipinski definition) is 6. The Kier molecular flexibility index (Phi) is 8.76. The molecule has 11 heteroatoms. The number of hydrogen-bond donors (Lipinski definition) is 1. The van der Waals surface area contributed by atoms with Crippen LogP contribution in [0.15, 0.2) is 54.7 Å². The minimum absolute atomic E-state index is 0.0000402. The van der Waals surface area contributed by atoms with E-state index in [1.165, 1.54) is 12.3 Å². The molecule has 2 aliphatic rings. The van der Waals surface area contributed by atoms with Crippen LogP contribution in [0.2, 0.25) is 5.02 Å². The van der Waals surface area contributed by atoms with Crippen molar-refractivity contribution in [2.75, 3.05) is 44.2 Å². The van der Waals surface area contributed by atoms with Gasteiger partial charge < -0.3 is 15.1 Å². The molecule has 5 rings (SSSR count). The monoisotopic (exact) mass is 578 g/mol. The third kappa shape index (κ3) is 6.64. The van der Waals surface area contributed by atoms with Crippen molar-refractivity contribution in [3.05, 3.63) is 93.6 Å². The minimum Gasteiger partial charge on any atom is -0.353 e. The molecule has 41 heavy (non-hydrogen) atoms. The van der Waals surface area contributed by atoms with Gasteiger partial charge in [-0.3, -0.25) is 14.5 Å². The fraction of sp³-hybridized carbons (Fsp3) is 0.333. The number of rotatable bonds is 6. The Morgan fingerprint density at radius 3 is 2.29 bits per heavy atom. The number of piperidine rings is 1. The second kappa shape index (κ2) is 12.6. The Hall–Kier alpha value is -4.07. The Labute approximate surface area is 242 Å². The number of likely N-dealkylation sites (tertiary alicyclic amines) is 1. The van der Waals surface area contributed by atoms with Gasteiger partial charge in [0.05, 0.1) is 22.2 Å². The van der Waals surface area contributed by atoms with Crippen molar-refractivity contribution in [2.24, 2.45) is 0 Å². The van der Waals surface area contributed by atoms with Crippen molar-refractivity contribution < 1.29 is 18.4 Å². The van der Waals surface area contributed by atoms with Gasteiger partial charge in [-0.2, -0.15) is 5.26 Å². The maximum absolute atomic E-state index is 13.4. The Morgan fingerprint density at radius 1 is 0.951 bits per heavy atom. The zero-order chi connectivity index (χ0) is 28.9. The number of carbonyl (C=O) groups excluding carboxylic acids is 2. The third-order valence-electron chi connectivity index (χ3n) is 7.66. The van der Waals surface area contributed by atoms with E-state index in [4.69, 9.17) is 16.9 Å². The van der Waals surface area contributed by atoms with Gasteiger partial charge in [-0.1, -0.05) is 17.7 Å². The highest BCUT2D eigenvalue weighted by molar-refractivity contribution is 6.33. The third-order valence-corrected chi connectivity index (χ3v) is 7.94. The molecule has 1 N–H and O–H groups in total. The highest BCUT2D eigenvalue weighted by atomic mass is 35.5. The molecule has 2 fully saturated rings. The lowest BCUT2D eigenvalue weighted by atomic mass is 10.0. The lowest BCUT2D eigenvalue weighted by molar-refractivity contribution is 0.0610. The molecule has 0 aliphatic carbocycles. The van der Waals surface area contributed by atoms with Gasteiger partial charge in [-0.15, -0.1) is 0 Å². The normalized spacial score (nSPS) is 16.3. The molecule has 3 heterocycles. The van der Waals surface area contributed by atoms with Crippen molar-refractivity contribution in [3.8, 4) is 6.07 Å². The Bertz CT molecular complexity index is 1460. The summed E-state index contributed by atoms with van der Waals surface area (Å²) in [6.45, 7) is 4.57. The van der Waals surface area contributed by atoms with Crippen LogP contribution in [0.25, 0.3) is 0 Å². The molecule has 2 aromatic carbocycles. The maximum atomic E-state index is 13.4. The van der Waals surface area contributed by atoms with Crippen LogP contribution in [0.1, 0.15) is 44.7 Å². The fourth-order valence-electron chi connectivity index (χ4n) is 5.32.